The molecule has 1 saturated heterocycles. The Hall–Kier alpha value is -3.40. The van der Waals surface area contributed by atoms with Crippen LogP contribution in [0.5, 0.6) is 5.88 Å². The fourth-order valence-corrected chi connectivity index (χ4v) is 3.55. The Morgan fingerprint density at radius 2 is 1.91 bits per heavy atom. The second-order valence-corrected chi connectivity index (χ2v) is 8.26. The monoisotopic (exact) mass is 440 g/mol. The molecule has 2 aliphatic rings. The molecule has 10 heteroatoms. The number of carbonyl (C=O) groups is 2. The zero-order valence-electron chi connectivity index (χ0n) is 18.5. The molecule has 0 radical (unpaired) electrons. The Morgan fingerprint density at radius 1 is 1.19 bits per heavy atom. The Labute approximate surface area is 186 Å². The van der Waals surface area contributed by atoms with Crippen LogP contribution in [-0.4, -0.2) is 66.9 Å². The summed E-state index contributed by atoms with van der Waals surface area (Å²) in [5.41, 5.74) is 1.52. The van der Waals surface area contributed by atoms with Crippen molar-refractivity contribution in [3.63, 3.8) is 0 Å². The van der Waals surface area contributed by atoms with Crippen LogP contribution in [-0.2, 0) is 4.74 Å². The largest absolute Gasteiger partial charge is 0.469 e. The number of hydrogen-bond donors (Lipinski definition) is 3. The number of ether oxygens (including phenoxy) is 2. The summed E-state index contributed by atoms with van der Waals surface area (Å²) in [6.45, 7) is 9.03. The van der Waals surface area contributed by atoms with Gasteiger partial charge in [-0.25, -0.2) is 9.78 Å². The Balaban J connectivity index is 1.76. The highest BCUT2D eigenvalue weighted by molar-refractivity contribution is 6.02. The summed E-state index contributed by atoms with van der Waals surface area (Å²) in [6.07, 6.45) is 0. The maximum atomic E-state index is 13.0. The van der Waals surface area contributed by atoms with Crippen LogP contribution in [0.1, 0.15) is 31.1 Å². The molecule has 10 nitrogen and oxygen atoms in total. The topological polar surface area (TPSA) is 118 Å². The van der Waals surface area contributed by atoms with Gasteiger partial charge in [-0.2, -0.15) is 4.98 Å². The predicted molar refractivity (Wildman–Crippen MR) is 120 cm³/mol. The van der Waals surface area contributed by atoms with Crippen molar-refractivity contribution in [2.24, 2.45) is 0 Å². The second-order valence-electron chi connectivity index (χ2n) is 8.26. The molecular formula is C22H28N6O4. The number of amides is 3. The number of nitrogens with one attached hydrogen (secondary N) is 3. The third kappa shape index (κ3) is 4.75. The zero-order chi connectivity index (χ0) is 22.7. The Morgan fingerprint density at radius 3 is 2.59 bits per heavy atom. The first-order valence-electron chi connectivity index (χ1n) is 10.7. The molecule has 0 spiro atoms. The van der Waals surface area contributed by atoms with E-state index in [4.69, 9.17) is 14.5 Å². The van der Waals surface area contributed by atoms with Crippen molar-refractivity contribution in [2.45, 2.75) is 26.4 Å². The lowest BCUT2D eigenvalue weighted by molar-refractivity contribution is 0.0899. The van der Waals surface area contributed by atoms with Crippen molar-refractivity contribution in [1.82, 2.24) is 20.6 Å². The first-order chi connectivity index (χ1) is 15.4. The molecule has 0 atom stereocenters. The zero-order valence-corrected chi connectivity index (χ0v) is 18.5. The van der Waals surface area contributed by atoms with E-state index in [0.29, 0.717) is 62.3 Å². The number of carbonyl (C=O) groups excluding carboxylic acids is 2. The SMILES string of the molecule is CCNC(=O)Nc1ccc(-c2nc(N3CCOCC3)nc3c2C(=O)NCC(C)(C)O3)cc1. The minimum Gasteiger partial charge on any atom is -0.469 e. The molecule has 2 aromatic rings. The Kier molecular flexibility index (Phi) is 6.13. The summed E-state index contributed by atoms with van der Waals surface area (Å²) in [5.74, 6) is 0.483. The van der Waals surface area contributed by atoms with Crippen molar-refractivity contribution in [2.75, 3.05) is 49.6 Å². The smallest absolute Gasteiger partial charge is 0.319 e. The van der Waals surface area contributed by atoms with Crippen LogP contribution >= 0.6 is 0 Å². The number of urea groups is 1. The van der Waals surface area contributed by atoms with Crippen molar-refractivity contribution < 1.29 is 19.1 Å². The highest BCUT2D eigenvalue weighted by Crippen LogP contribution is 2.34. The molecule has 0 unspecified atom stereocenters. The summed E-state index contributed by atoms with van der Waals surface area (Å²) < 4.78 is 11.6. The molecule has 32 heavy (non-hydrogen) atoms. The number of aromatic nitrogens is 2. The van der Waals surface area contributed by atoms with Crippen molar-refractivity contribution in [1.29, 1.82) is 0 Å². The van der Waals surface area contributed by atoms with Crippen molar-refractivity contribution in [3.8, 4) is 17.1 Å². The fraction of sp³-hybridized carbons (Fsp3) is 0.455. The van der Waals surface area contributed by atoms with Gasteiger partial charge in [0.15, 0.2) is 0 Å². The van der Waals surface area contributed by atoms with Gasteiger partial charge in [-0.1, -0.05) is 12.1 Å². The van der Waals surface area contributed by atoms with Gasteiger partial charge < -0.3 is 30.3 Å². The van der Waals surface area contributed by atoms with E-state index in [1.807, 2.05) is 37.8 Å². The van der Waals surface area contributed by atoms with E-state index in [1.165, 1.54) is 0 Å². The van der Waals surface area contributed by atoms with E-state index in [1.54, 1.807) is 12.1 Å². The third-order valence-electron chi connectivity index (χ3n) is 5.19. The fourth-order valence-electron chi connectivity index (χ4n) is 3.55. The summed E-state index contributed by atoms with van der Waals surface area (Å²) in [4.78, 5) is 36.2. The Bertz CT molecular complexity index is 1000. The molecule has 4 rings (SSSR count). The van der Waals surface area contributed by atoms with Crippen LogP contribution in [0.4, 0.5) is 16.4 Å². The van der Waals surface area contributed by atoms with E-state index in [9.17, 15) is 9.59 Å². The van der Waals surface area contributed by atoms with Crippen molar-refractivity contribution in [3.05, 3.63) is 29.8 Å². The van der Waals surface area contributed by atoms with Crippen LogP contribution in [0.25, 0.3) is 11.3 Å². The standard InChI is InChI=1S/C22H28N6O4/c1-4-23-21(30)25-15-7-5-14(6-8-15)17-16-18(29)24-13-22(2,3)32-19(16)27-20(26-17)28-9-11-31-12-10-28/h5-8H,4,9-13H2,1-3H3,(H,24,29)(H2,23,25,30). The lowest BCUT2D eigenvalue weighted by Crippen LogP contribution is -2.39. The molecule has 1 aromatic carbocycles. The molecule has 3 N–H and O–H groups in total. The summed E-state index contributed by atoms with van der Waals surface area (Å²) in [5, 5.41) is 8.37. The van der Waals surface area contributed by atoms with Crippen LogP contribution in [0, 0.1) is 0 Å². The second kappa shape index (κ2) is 8.99. The highest BCUT2D eigenvalue weighted by Gasteiger charge is 2.33. The summed E-state index contributed by atoms with van der Waals surface area (Å²) >= 11 is 0. The van der Waals surface area contributed by atoms with Gasteiger partial charge >= 0.3 is 6.03 Å². The number of nitrogens with zero attached hydrogens (tertiary/aromatic N) is 3. The quantitative estimate of drug-likeness (QED) is 0.666. The molecular weight excluding hydrogens is 412 g/mol. The number of fused-ring (bicyclic) bond motifs is 1. The minimum atomic E-state index is -0.616. The lowest BCUT2D eigenvalue weighted by Gasteiger charge is -2.28. The molecule has 170 valence electrons. The molecule has 2 aliphatic heterocycles. The van der Waals surface area contributed by atoms with Crippen LogP contribution in [0.15, 0.2) is 24.3 Å². The average molecular weight is 441 g/mol. The van der Waals surface area contributed by atoms with Gasteiger partial charge in [0.05, 0.1) is 25.5 Å². The summed E-state index contributed by atoms with van der Waals surface area (Å²) in [7, 11) is 0. The van der Waals surface area contributed by atoms with Gasteiger partial charge in [0.2, 0.25) is 11.8 Å². The van der Waals surface area contributed by atoms with Crippen LogP contribution < -0.4 is 25.6 Å². The number of benzene rings is 1. The number of morpholine rings is 1. The van der Waals surface area contributed by atoms with E-state index in [2.05, 4.69) is 20.9 Å². The molecule has 1 aromatic heterocycles. The van der Waals surface area contributed by atoms with Crippen LogP contribution in [0.3, 0.4) is 0 Å². The van der Waals surface area contributed by atoms with E-state index >= 15 is 0 Å². The number of rotatable bonds is 4. The number of hydrogen-bond acceptors (Lipinski definition) is 7. The average Bonchev–Trinajstić information content (AvgIpc) is 2.89. The van der Waals surface area contributed by atoms with Gasteiger partial charge in [0.25, 0.3) is 5.91 Å². The molecule has 1 fully saturated rings. The molecule has 3 heterocycles. The highest BCUT2D eigenvalue weighted by atomic mass is 16.5. The van der Waals surface area contributed by atoms with Gasteiger partial charge in [-0.05, 0) is 32.9 Å². The molecule has 0 saturated carbocycles. The molecule has 0 bridgehead atoms. The normalized spacial score (nSPS) is 17.5. The molecule has 0 aliphatic carbocycles. The maximum Gasteiger partial charge on any atom is 0.319 e. The van der Waals surface area contributed by atoms with Gasteiger partial charge in [-0.3, -0.25) is 4.79 Å². The van der Waals surface area contributed by atoms with Crippen molar-refractivity contribution >= 4 is 23.6 Å². The van der Waals surface area contributed by atoms with Crippen LogP contribution in [0.2, 0.25) is 0 Å². The summed E-state index contributed by atoms with van der Waals surface area (Å²) in [6, 6.07) is 6.90. The van der Waals surface area contributed by atoms with E-state index < -0.39 is 5.60 Å². The maximum absolute atomic E-state index is 13.0. The van der Waals surface area contributed by atoms with E-state index in [-0.39, 0.29) is 17.8 Å². The number of anilines is 2. The minimum absolute atomic E-state index is 0.265. The van der Waals surface area contributed by atoms with E-state index in [0.717, 1.165) is 5.56 Å². The first kappa shape index (κ1) is 21.8. The van der Waals surface area contributed by atoms with Gasteiger partial charge in [0.1, 0.15) is 11.2 Å². The molecule has 3 amide bonds. The predicted octanol–water partition coefficient (Wildman–Crippen LogP) is 2.02. The lowest BCUT2D eigenvalue weighted by atomic mass is 10.1. The first-order valence-corrected chi connectivity index (χ1v) is 10.7. The van der Waals surface area contributed by atoms with Gasteiger partial charge in [-0.15, -0.1) is 0 Å². The third-order valence-corrected chi connectivity index (χ3v) is 5.19. The van der Waals surface area contributed by atoms with Gasteiger partial charge in [0, 0.05) is 30.9 Å².